The van der Waals surface area contributed by atoms with Crippen molar-refractivity contribution in [2.45, 2.75) is 64.3 Å². The third kappa shape index (κ3) is 2.71. The van der Waals surface area contributed by atoms with E-state index in [2.05, 4.69) is 17.1 Å². The van der Waals surface area contributed by atoms with Crippen molar-refractivity contribution in [1.29, 1.82) is 0 Å². The van der Waals surface area contributed by atoms with Crippen LogP contribution in [0.3, 0.4) is 0 Å². The van der Waals surface area contributed by atoms with Gasteiger partial charge in [-0.25, -0.2) is 0 Å². The first kappa shape index (κ1) is 13.9. The molecule has 3 heteroatoms. The number of carbonyl (C=O) groups excluding carboxylic acids is 1. The van der Waals surface area contributed by atoms with Crippen LogP contribution in [-0.4, -0.2) is 37.0 Å². The van der Waals surface area contributed by atoms with Crippen LogP contribution < -0.4 is 5.32 Å². The number of amides is 1. The van der Waals surface area contributed by atoms with Gasteiger partial charge in [0.05, 0.1) is 5.41 Å². The Balaban J connectivity index is 2.02. The molecule has 1 aliphatic heterocycles. The van der Waals surface area contributed by atoms with Crippen molar-refractivity contribution in [2.75, 3.05) is 20.1 Å². The normalized spacial score (nSPS) is 30.1. The molecule has 1 saturated heterocycles. The lowest BCUT2D eigenvalue weighted by Crippen LogP contribution is -2.47. The maximum Gasteiger partial charge on any atom is 0.230 e. The summed E-state index contributed by atoms with van der Waals surface area (Å²) in [5.74, 6) is 0.391. The maximum absolute atomic E-state index is 12.8. The summed E-state index contributed by atoms with van der Waals surface area (Å²) in [4.78, 5) is 14.9. The van der Waals surface area contributed by atoms with Gasteiger partial charge in [0.2, 0.25) is 5.91 Å². The van der Waals surface area contributed by atoms with Crippen LogP contribution in [0.2, 0.25) is 0 Å². The Labute approximate surface area is 111 Å². The molecule has 2 rings (SSSR count). The van der Waals surface area contributed by atoms with Gasteiger partial charge in [0.15, 0.2) is 0 Å². The molecule has 0 bridgehead atoms. The summed E-state index contributed by atoms with van der Waals surface area (Å²) in [6.45, 7) is 4.03. The van der Waals surface area contributed by atoms with Crippen LogP contribution in [0.25, 0.3) is 0 Å². The Morgan fingerprint density at radius 1 is 1.28 bits per heavy atom. The molecule has 0 spiro atoms. The number of hydrogen-bond acceptors (Lipinski definition) is 2. The lowest BCUT2D eigenvalue weighted by atomic mass is 9.82. The molecule has 1 unspecified atom stereocenters. The number of nitrogens with one attached hydrogen (secondary N) is 1. The van der Waals surface area contributed by atoms with Gasteiger partial charge in [0, 0.05) is 19.6 Å². The van der Waals surface area contributed by atoms with Crippen LogP contribution >= 0.6 is 0 Å². The van der Waals surface area contributed by atoms with E-state index >= 15 is 0 Å². The fourth-order valence-electron chi connectivity index (χ4n) is 3.56. The van der Waals surface area contributed by atoms with Crippen molar-refractivity contribution < 1.29 is 4.79 Å². The van der Waals surface area contributed by atoms with E-state index in [4.69, 9.17) is 0 Å². The zero-order valence-corrected chi connectivity index (χ0v) is 12.0. The molecular formula is C15H28N2O. The smallest absolute Gasteiger partial charge is 0.230 e. The fourth-order valence-corrected chi connectivity index (χ4v) is 3.56. The van der Waals surface area contributed by atoms with Crippen LogP contribution in [0.15, 0.2) is 0 Å². The maximum atomic E-state index is 12.8. The second-order valence-corrected chi connectivity index (χ2v) is 6.12. The molecule has 1 saturated carbocycles. The SMILES string of the molecule is CCC1(C(=O)N(C)C2CCCCCC2)CCNC1. The summed E-state index contributed by atoms with van der Waals surface area (Å²) in [5.41, 5.74) is -0.110. The monoisotopic (exact) mass is 252 g/mol. The van der Waals surface area contributed by atoms with Crippen molar-refractivity contribution in [3.63, 3.8) is 0 Å². The van der Waals surface area contributed by atoms with Gasteiger partial charge in [-0.1, -0.05) is 32.6 Å². The van der Waals surface area contributed by atoms with Gasteiger partial charge in [-0.2, -0.15) is 0 Å². The Hall–Kier alpha value is -0.570. The molecule has 0 aromatic carbocycles. The molecule has 1 N–H and O–H groups in total. The molecule has 0 aromatic heterocycles. The Kier molecular flexibility index (Phi) is 4.66. The van der Waals surface area contributed by atoms with E-state index in [1.807, 2.05) is 7.05 Å². The van der Waals surface area contributed by atoms with Crippen molar-refractivity contribution in [3.05, 3.63) is 0 Å². The third-order valence-electron chi connectivity index (χ3n) is 5.07. The van der Waals surface area contributed by atoms with E-state index < -0.39 is 0 Å². The summed E-state index contributed by atoms with van der Waals surface area (Å²) in [6, 6.07) is 0.490. The molecular weight excluding hydrogens is 224 g/mol. The number of hydrogen-bond donors (Lipinski definition) is 1. The van der Waals surface area contributed by atoms with Crippen molar-refractivity contribution >= 4 is 5.91 Å². The molecule has 2 fully saturated rings. The van der Waals surface area contributed by atoms with Crippen LogP contribution in [0, 0.1) is 5.41 Å². The lowest BCUT2D eigenvalue weighted by Gasteiger charge is -2.35. The summed E-state index contributed by atoms with van der Waals surface area (Å²) >= 11 is 0. The van der Waals surface area contributed by atoms with Crippen molar-refractivity contribution in [2.24, 2.45) is 5.41 Å². The van der Waals surface area contributed by atoms with Crippen molar-refractivity contribution in [3.8, 4) is 0 Å². The average Bonchev–Trinajstić information content (AvgIpc) is 2.73. The van der Waals surface area contributed by atoms with Gasteiger partial charge in [0.1, 0.15) is 0 Å². The molecule has 0 aromatic rings. The highest BCUT2D eigenvalue weighted by atomic mass is 16.2. The molecule has 1 aliphatic carbocycles. The second kappa shape index (κ2) is 6.05. The zero-order chi connectivity index (χ0) is 13.0. The highest BCUT2D eigenvalue weighted by Crippen LogP contribution is 2.33. The van der Waals surface area contributed by atoms with Gasteiger partial charge in [-0.3, -0.25) is 4.79 Å². The Morgan fingerprint density at radius 3 is 2.44 bits per heavy atom. The molecule has 1 amide bonds. The molecule has 0 radical (unpaired) electrons. The van der Waals surface area contributed by atoms with Gasteiger partial charge < -0.3 is 10.2 Å². The number of carbonyl (C=O) groups is 1. The largest absolute Gasteiger partial charge is 0.342 e. The Morgan fingerprint density at radius 2 is 1.94 bits per heavy atom. The Bertz CT molecular complexity index is 276. The minimum atomic E-state index is -0.110. The summed E-state index contributed by atoms with van der Waals surface area (Å²) < 4.78 is 0. The minimum Gasteiger partial charge on any atom is -0.342 e. The van der Waals surface area contributed by atoms with Gasteiger partial charge in [-0.05, 0) is 32.2 Å². The first-order valence-electron chi connectivity index (χ1n) is 7.67. The van der Waals surface area contributed by atoms with E-state index in [0.717, 1.165) is 25.9 Å². The van der Waals surface area contributed by atoms with E-state index in [1.165, 1.54) is 38.5 Å². The van der Waals surface area contributed by atoms with Gasteiger partial charge >= 0.3 is 0 Å². The van der Waals surface area contributed by atoms with E-state index in [-0.39, 0.29) is 5.41 Å². The molecule has 1 atom stereocenters. The predicted molar refractivity (Wildman–Crippen MR) is 74.5 cm³/mol. The van der Waals surface area contributed by atoms with E-state index in [9.17, 15) is 4.79 Å². The van der Waals surface area contributed by atoms with Crippen LogP contribution in [-0.2, 0) is 4.79 Å². The average molecular weight is 252 g/mol. The number of rotatable bonds is 3. The van der Waals surface area contributed by atoms with Crippen LogP contribution in [0.1, 0.15) is 58.3 Å². The first-order valence-corrected chi connectivity index (χ1v) is 7.67. The van der Waals surface area contributed by atoms with Gasteiger partial charge in [0.25, 0.3) is 0 Å². The molecule has 1 heterocycles. The van der Waals surface area contributed by atoms with Crippen LogP contribution in [0.5, 0.6) is 0 Å². The van der Waals surface area contributed by atoms with E-state index in [0.29, 0.717) is 11.9 Å². The highest BCUT2D eigenvalue weighted by molar-refractivity contribution is 5.83. The van der Waals surface area contributed by atoms with E-state index in [1.54, 1.807) is 0 Å². The highest BCUT2D eigenvalue weighted by Gasteiger charge is 2.42. The molecule has 104 valence electrons. The van der Waals surface area contributed by atoms with Gasteiger partial charge in [-0.15, -0.1) is 0 Å². The zero-order valence-electron chi connectivity index (χ0n) is 12.0. The minimum absolute atomic E-state index is 0.110. The third-order valence-corrected chi connectivity index (χ3v) is 5.07. The quantitative estimate of drug-likeness (QED) is 0.783. The summed E-state index contributed by atoms with van der Waals surface area (Å²) in [5, 5.41) is 3.37. The standard InChI is InChI=1S/C15H28N2O/c1-3-15(10-11-16-12-15)14(18)17(2)13-8-6-4-5-7-9-13/h13,16H,3-12H2,1-2H3. The topological polar surface area (TPSA) is 32.3 Å². The predicted octanol–water partition coefficient (Wildman–Crippen LogP) is 2.56. The first-order chi connectivity index (χ1) is 8.69. The number of nitrogens with zero attached hydrogens (tertiary/aromatic N) is 1. The summed E-state index contributed by atoms with van der Waals surface area (Å²) in [6.07, 6.45) is 9.66. The molecule has 3 nitrogen and oxygen atoms in total. The molecule has 18 heavy (non-hydrogen) atoms. The lowest BCUT2D eigenvalue weighted by molar-refractivity contribution is -0.142. The fraction of sp³-hybridized carbons (Fsp3) is 0.933. The van der Waals surface area contributed by atoms with Crippen LogP contribution in [0.4, 0.5) is 0 Å². The molecule has 2 aliphatic rings. The van der Waals surface area contributed by atoms with Crippen molar-refractivity contribution in [1.82, 2.24) is 10.2 Å². The second-order valence-electron chi connectivity index (χ2n) is 6.12. The summed E-state index contributed by atoms with van der Waals surface area (Å²) in [7, 11) is 2.04.